The van der Waals surface area contributed by atoms with Crippen LogP contribution < -0.4 is 4.72 Å². The number of sulfonamides is 1. The summed E-state index contributed by atoms with van der Waals surface area (Å²) in [6.07, 6.45) is 4.39. The first-order valence-electron chi connectivity index (χ1n) is 6.33. The molecule has 1 aliphatic heterocycles. The first-order valence-corrected chi connectivity index (χ1v) is 8.22. The van der Waals surface area contributed by atoms with Crippen LogP contribution in [0.15, 0.2) is 0 Å². The van der Waals surface area contributed by atoms with E-state index in [1.165, 1.54) is 6.26 Å². The third-order valence-corrected chi connectivity index (χ3v) is 3.84. The Morgan fingerprint density at radius 3 is 2.29 bits per heavy atom. The Bertz CT molecular complexity index is 298. The quantitative estimate of drug-likeness (QED) is 0.655. The molecular weight excluding hydrogens is 238 g/mol. The van der Waals surface area contributed by atoms with Crippen molar-refractivity contribution >= 4 is 10.0 Å². The molecule has 0 aromatic carbocycles. The number of rotatable bonds is 7. The number of unbranched alkanes of at least 4 members (excludes halogenated alkanes) is 2. The molecule has 1 rings (SSSR count). The van der Waals surface area contributed by atoms with Gasteiger partial charge in [-0.15, -0.1) is 0 Å². The largest absolute Gasteiger partial charge is 0.304 e. The Labute approximate surface area is 105 Å². The van der Waals surface area contributed by atoms with Gasteiger partial charge in [-0.05, 0) is 26.4 Å². The summed E-state index contributed by atoms with van der Waals surface area (Å²) in [4.78, 5) is 4.84. The summed E-state index contributed by atoms with van der Waals surface area (Å²) >= 11 is 0. The maximum absolute atomic E-state index is 10.8. The lowest BCUT2D eigenvalue weighted by atomic mass is 10.2. The lowest BCUT2D eigenvalue weighted by Crippen LogP contribution is -2.44. The van der Waals surface area contributed by atoms with Crippen LogP contribution in [0.5, 0.6) is 0 Å². The van der Waals surface area contributed by atoms with E-state index < -0.39 is 10.0 Å². The van der Waals surface area contributed by atoms with E-state index in [2.05, 4.69) is 21.6 Å². The van der Waals surface area contributed by atoms with Gasteiger partial charge in [-0.3, -0.25) is 0 Å². The smallest absolute Gasteiger partial charge is 0.208 e. The summed E-state index contributed by atoms with van der Waals surface area (Å²) in [5, 5.41) is 0. The molecule has 0 bridgehead atoms. The third kappa shape index (κ3) is 7.70. The van der Waals surface area contributed by atoms with Gasteiger partial charge in [-0.2, -0.15) is 0 Å². The van der Waals surface area contributed by atoms with E-state index in [1.54, 1.807) is 0 Å². The molecule has 102 valence electrons. The summed E-state index contributed by atoms with van der Waals surface area (Å²) in [6.45, 7) is 6.37. The molecule has 0 amide bonds. The Balaban J connectivity index is 1.94. The summed E-state index contributed by atoms with van der Waals surface area (Å²) < 4.78 is 24.2. The molecule has 0 unspecified atom stereocenters. The van der Waals surface area contributed by atoms with Gasteiger partial charge in [0.2, 0.25) is 10.0 Å². The Kier molecular flexibility index (Phi) is 6.40. The molecule has 0 radical (unpaired) electrons. The van der Waals surface area contributed by atoms with E-state index >= 15 is 0 Å². The van der Waals surface area contributed by atoms with Gasteiger partial charge in [0.25, 0.3) is 0 Å². The van der Waals surface area contributed by atoms with Gasteiger partial charge in [0, 0.05) is 32.7 Å². The zero-order valence-electron chi connectivity index (χ0n) is 11.0. The number of nitrogens with zero attached hydrogens (tertiary/aromatic N) is 2. The molecule has 0 aromatic rings. The highest BCUT2D eigenvalue weighted by atomic mass is 32.2. The highest BCUT2D eigenvalue weighted by molar-refractivity contribution is 7.88. The fourth-order valence-electron chi connectivity index (χ4n) is 1.97. The van der Waals surface area contributed by atoms with Crippen LogP contribution in [-0.4, -0.2) is 70.8 Å². The Morgan fingerprint density at radius 1 is 1.06 bits per heavy atom. The minimum absolute atomic E-state index is 0.571. The van der Waals surface area contributed by atoms with Crippen molar-refractivity contribution in [1.82, 2.24) is 14.5 Å². The number of likely N-dealkylation sites (N-methyl/N-ethyl adjacent to an activating group) is 1. The lowest BCUT2D eigenvalue weighted by Gasteiger charge is -2.32. The number of piperazine rings is 1. The van der Waals surface area contributed by atoms with Crippen molar-refractivity contribution in [2.45, 2.75) is 19.3 Å². The van der Waals surface area contributed by atoms with Crippen LogP contribution in [0.2, 0.25) is 0 Å². The standard InChI is InChI=1S/C11H25N3O2S/c1-13-8-10-14(11-9-13)7-5-3-4-6-12-17(2,15)16/h12H,3-11H2,1-2H3. The van der Waals surface area contributed by atoms with Crippen molar-refractivity contribution in [2.75, 3.05) is 52.6 Å². The van der Waals surface area contributed by atoms with Gasteiger partial charge in [0.05, 0.1) is 6.26 Å². The maximum atomic E-state index is 10.8. The van der Waals surface area contributed by atoms with Crippen LogP contribution in [0.1, 0.15) is 19.3 Å². The van der Waals surface area contributed by atoms with Crippen LogP contribution in [0.25, 0.3) is 0 Å². The zero-order valence-corrected chi connectivity index (χ0v) is 11.8. The molecule has 5 nitrogen and oxygen atoms in total. The van der Waals surface area contributed by atoms with Crippen LogP contribution in [0.4, 0.5) is 0 Å². The second kappa shape index (κ2) is 7.31. The lowest BCUT2D eigenvalue weighted by molar-refractivity contribution is 0.152. The second-order valence-electron chi connectivity index (χ2n) is 4.87. The predicted octanol–water partition coefficient (Wildman–Crippen LogP) is -0.0467. The van der Waals surface area contributed by atoms with E-state index in [0.717, 1.165) is 52.0 Å². The molecular formula is C11H25N3O2S. The summed E-state index contributed by atoms with van der Waals surface area (Å²) in [7, 11) is -0.843. The molecule has 0 atom stereocenters. The topological polar surface area (TPSA) is 52.6 Å². The summed E-state index contributed by atoms with van der Waals surface area (Å²) in [5.41, 5.74) is 0. The van der Waals surface area contributed by atoms with Gasteiger partial charge in [0.15, 0.2) is 0 Å². The molecule has 1 heterocycles. The molecule has 17 heavy (non-hydrogen) atoms. The minimum Gasteiger partial charge on any atom is -0.304 e. The fourth-order valence-corrected chi connectivity index (χ4v) is 2.48. The molecule has 1 saturated heterocycles. The second-order valence-corrected chi connectivity index (χ2v) is 6.71. The van der Waals surface area contributed by atoms with Gasteiger partial charge in [-0.25, -0.2) is 13.1 Å². The Morgan fingerprint density at radius 2 is 1.71 bits per heavy atom. The van der Waals surface area contributed by atoms with Crippen LogP contribution in [0.3, 0.4) is 0 Å². The van der Waals surface area contributed by atoms with Crippen molar-refractivity contribution in [3.05, 3.63) is 0 Å². The number of hydrogen-bond acceptors (Lipinski definition) is 4. The van der Waals surface area contributed by atoms with Gasteiger partial charge in [0.1, 0.15) is 0 Å². The molecule has 6 heteroatoms. The van der Waals surface area contributed by atoms with E-state index in [-0.39, 0.29) is 0 Å². The molecule has 1 N–H and O–H groups in total. The first kappa shape index (κ1) is 14.9. The van der Waals surface area contributed by atoms with Crippen LogP contribution in [-0.2, 0) is 10.0 Å². The molecule has 1 aliphatic rings. The molecule has 0 aromatic heterocycles. The SMILES string of the molecule is CN1CCN(CCCCCNS(C)(=O)=O)CC1. The van der Waals surface area contributed by atoms with Gasteiger partial charge < -0.3 is 9.80 Å². The monoisotopic (exact) mass is 263 g/mol. The van der Waals surface area contributed by atoms with Gasteiger partial charge in [-0.1, -0.05) is 6.42 Å². The summed E-state index contributed by atoms with van der Waals surface area (Å²) in [5.74, 6) is 0. The van der Waals surface area contributed by atoms with Crippen molar-refractivity contribution in [3.8, 4) is 0 Å². The van der Waals surface area contributed by atoms with E-state index in [9.17, 15) is 8.42 Å². The maximum Gasteiger partial charge on any atom is 0.208 e. The minimum atomic E-state index is -3.00. The van der Waals surface area contributed by atoms with Crippen LogP contribution in [0, 0.1) is 0 Å². The predicted molar refractivity (Wildman–Crippen MR) is 70.6 cm³/mol. The Hall–Kier alpha value is -0.170. The fraction of sp³-hybridized carbons (Fsp3) is 1.00. The average Bonchev–Trinajstić information content (AvgIpc) is 2.24. The van der Waals surface area contributed by atoms with Crippen molar-refractivity contribution in [2.24, 2.45) is 0 Å². The van der Waals surface area contributed by atoms with Crippen molar-refractivity contribution < 1.29 is 8.42 Å². The number of nitrogens with one attached hydrogen (secondary N) is 1. The first-order chi connectivity index (χ1) is 7.97. The van der Waals surface area contributed by atoms with E-state index in [0.29, 0.717) is 6.54 Å². The molecule has 0 spiro atoms. The molecule has 0 aliphatic carbocycles. The normalized spacial score (nSPS) is 19.6. The van der Waals surface area contributed by atoms with Crippen molar-refractivity contribution in [1.29, 1.82) is 0 Å². The van der Waals surface area contributed by atoms with Gasteiger partial charge >= 0.3 is 0 Å². The average molecular weight is 263 g/mol. The van der Waals surface area contributed by atoms with Crippen molar-refractivity contribution in [3.63, 3.8) is 0 Å². The molecule has 1 fully saturated rings. The highest BCUT2D eigenvalue weighted by Gasteiger charge is 2.12. The number of hydrogen-bond donors (Lipinski definition) is 1. The molecule has 0 saturated carbocycles. The van der Waals surface area contributed by atoms with Crippen LogP contribution >= 0.6 is 0 Å². The highest BCUT2D eigenvalue weighted by Crippen LogP contribution is 2.02. The summed E-state index contributed by atoms with van der Waals surface area (Å²) in [6, 6.07) is 0. The van der Waals surface area contributed by atoms with E-state index in [1.807, 2.05) is 0 Å². The third-order valence-electron chi connectivity index (χ3n) is 3.11. The van der Waals surface area contributed by atoms with E-state index in [4.69, 9.17) is 0 Å². The zero-order chi connectivity index (χ0) is 12.7.